The molecule has 2 rings (SSSR count). The maximum Gasteiger partial charge on any atom is 0.329 e. The smallest absolute Gasteiger partial charge is 0.329 e. The summed E-state index contributed by atoms with van der Waals surface area (Å²) in [6, 6.07) is 6.53. The highest BCUT2D eigenvalue weighted by atomic mass is 16.3. The fourth-order valence-electron chi connectivity index (χ4n) is 1.61. The van der Waals surface area contributed by atoms with Crippen molar-refractivity contribution in [3.63, 3.8) is 0 Å². The number of aromatic amines is 1. The molecule has 0 saturated heterocycles. The summed E-state index contributed by atoms with van der Waals surface area (Å²) in [5, 5.41) is 12.0. The summed E-state index contributed by atoms with van der Waals surface area (Å²) in [6.45, 7) is 0.353. The third-order valence-electron chi connectivity index (χ3n) is 2.78. The molecule has 0 unspecified atom stereocenters. The predicted molar refractivity (Wildman–Crippen MR) is 72.1 cm³/mol. The van der Waals surface area contributed by atoms with Gasteiger partial charge in [-0.3, -0.25) is 14.3 Å². The Morgan fingerprint density at radius 2 is 1.95 bits per heavy atom. The van der Waals surface area contributed by atoms with Gasteiger partial charge in [-0.2, -0.15) is 0 Å². The van der Waals surface area contributed by atoms with Crippen LogP contribution in [0.3, 0.4) is 0 Å². The van der Waals surface area contributed by atoms with Crippen LogP contribution in [0.25, 0.3) is 0 Å². The normalized spacial score (nSPS) is 10.4. The van der Waals surface area contributed by atoms with Gasteiger partial charge in [0, 0.05) is 13.6 Å². The second-order valence-corrected chi connectivity index (χ2v) is 4.10. The SMILES string of the molecule is Cn1c(N)c(NCc2ccc(O)cc2)c(=O)[nH]c1=O. The van der Waals surface area contributed by atoms with Gasteiger partial charge in [0.05, 0.1) is 0 Å². The summed E-state index contributed by atoms with van der Waals surface area (Å²) in [7, 11) is 1.47. The molecule has 1 aromatic carbocycles. The Bertz CT molecular complexity index is 700. The molecule has 0 radical (unpaired) electrons. The summed E-state index contributed by atoms with van der Waals surface area (Å²) in [4.78, 5) is 25.1. The minimum absolute atomic E-state index is 0.0764. The number of hydrogen-bond acceptors (Lipinski definition) is 5. The quantitative estimate of drug-likeness (QED) is 0.620. The fourth-order valence-corrected chi connectivity index (χ4v) is 1.61. The number of nitrogens with one attached hydrogen (secondary N) is 2. The van der Waals surface area contributed by atoms with Crippen LogP contribution in [0.15, 0.2) is 33.9 Å². The number of phenols is 1. The van der Waals surface area contributed by atoms with Crippen LogP contribution in [0, 0.1) is 0 Å². The standard InChI is InChI=1S/C12H14N4O3/c1-16-10(13)9(11(18)15-12(16)19)14-6-7-2-4-8(17)5-3-7/h2-5,14,17H,6,13H2,1H3,(H,15,18,19). The van der Waals surface area contributed by atoms with E-state index in [1.54, 1.807) is 24.3 Å². The van der Waals surface area contributed by atoms with Crippen molar-refractivity contribution in [1.82, 2.24) is 9.55 Å². The maximum atomic E-state index is 11.6. The van der Waals surface area contributed by atoms with Crippen LogP contribution < -0.4 is 22.3 Å². The molecule has 0 fully saturated rings. The number of anilines is 2. The Morgan fingerprint density at radius 1 is 1.32 bits per heavy atom. The van der Waals surface area contributed by atoms with E-state index in [-0.39, 0.29) is 17.3 Å². The topological polar surface area (TPSA) is 113 Å². The zero-order valence-corrected chi connectivity index (χ0v) is 10.3. The number of aromatic hydroxyl groups is 1. The Kier molecular flexibility index (Phi) is 3.28. The van der Waals surface area contributed by atoms with E-state index in [0.29, 0.717) is 6.54 Å². The van der Waals surface area contributed by atoms with E-state index in [1.165, 1.54) is 7.05 Å². The molecule has 0 spiro atoms. The van der Waals surface area contributed by atoms with Crippen LogP contribution >= 0.6 is 0 Å². The highest BCUT2D eigenvalue weighted by Gasteiger charge is 2.09. The average Bonchev–Trinajstić information content (AvgIpc) is 2.38. The predicted octanol–water partition coefficient (Wildman–Crippen LogP) is -0.0265. The summed E-state index contributed by atoms with van der Waals surface area (Å²) in [5.41, 5.74) is 5.61. The third kappa shape index (κ3) is 2.59. The summed E-state index contributed by atoms with van der Waals surface area (Å²) in [6.07, 6.45) is 0. The third-order valence-corrected chi connectivity index (χ3v) is 2.78. The fraction of sp³-hybridized carbons (Fsp3) is 0.167. The maximum absolute atomic E-state index is 11.6. The lowest BCUT2D eigenvalue weighted by Crippen LogP contribution is -2.32. The van der Waals surface area contributed by atoms with Crippen molar-refractivity contribution >= 4 is 11.5 Å². The lowest BCUT2D eigenvalue weighted by Gasteiger charge is -2.10. The molecule has 0 atom stereocenters. The Hall–Kier alpha value is -2.70. The molecule has 7 nitrogen and oxygen atoms in total. The number of phenolic OH excluding ortho intramolecular Hbond substituents is 1. The van der Waals surface area contributed by atoms with E-state index in [1.807, 2.05) is 0 Å². The zero-order chi connectivity index (χ0) is 14.0. The van der Waals surface area contributed by atoms with Gasteiger partial charge in [0.15, 0.2) is 0 Å². The van der Waals surface area contributed by atoms with Crippen molar-refractivity contribution in [2.45, 2.75) is 6.54 Å². The molecule has 19 heavy (non-hydrogen) atoms. The highest BCUT2D eigenvalue weighted by molar-refractivity contribution is 5.60. The van der Waals surface area contributed by atoms with Gasteiger partial charge in [-0.15, -0.1) is 0 Å². The van der Waals surface area contributed by atoms with Crippen molar-refractivity contribution in [3.8, 4) is 5.75 Å². The summed E-state index contributed by atoms with van der Waals surface area (Å²) >= 11 is 0. The number of benzene rings is 1. The van der Waals surface area contributed by atoms with E-state index in [4.69, 9.17) is 10.8 Å². The van der Waals surface area contributed by atoms with E-state index < -0.39 is 11.2 Å². The summed E-state index contributed by atoms with van der Waals surface area (Å²) < 4.78 is 1.15. The van der Waals surface area contributed by atoms with Crippen molar-refractivity contribution in [3.05, 3.63) is 50.7 Å². The van der Waals surface area contributed by atoms with E-state index in [0.717, 1.165) is 10.1 Å². The van der Waals surface area contributed by atoms with Gasteiger partial charge >= 0.3 is 5.69 Å². The molecule has 100 valence electrons. The van der Waals surface area contributed by atoms with Crippen LogP contribution in [0.2, 0.25) is 0 Å². The van der Waals surface area contributed by atoms with Crippen LogP contribution in [0.5, 0.6) is 5.75 Å². The van der Waals surface area contributed by atoms with Crippen LogP contribution in [0.1, 0.15) is 5.56 Å². The average molecular weight is 262 g/mol. The minimum Gasteiger partial charge on any atom is -0.508 e. The van der Waals surface area contributed by atoms with Gasteiger partial charge in [0.25, 0.3) is 5.56 Å². The Morgan fingerprint density at radius 3 is 2.58 bits per heavy atom. The van der Waals surface area contributed by atoms with E-state index in [2.05, 4.69) is 10.3 Å². The first-order valence-electron chi connectivity index (χ1n) is 5.59. The molecule has 0 aliphatic heterocycles. The van der Waals surface area contributed by atoms with Gasteiger partial charge in [0.2, 0.25) is 0 Å². The number of aromatic nitrogens is 2. The molecule has 5 N–H and O–H groups in total. The largest absolute Gasteiger partial charge is 0.508 e. The molecule has 2 aromatic rings. The van der Waals surface area contributed by atoms with Gasteiger partial charge in [-0.05, 0) is 17.7 Å². The first-order chi connectivity index (χ1) is 8.99. The second kappa shape index (κ2) is 4.89. The van der Waals surface area contributed by atoms with Crippen LogP contribution in [-0.2, 0) is 13.6 Å². The van der Waals surface area contributed by atoms with Gasteiger partial charge in [-0.1, -0.05) is 12.1 Å². The minimum atomic E-state index is -0.558. The number of hydrogen-bond donors (Lipinski definition) is 4. The van der Waals surface area contributed by atoms with Crippen molar-refractivity contribution in [1.29, 1.82) is 0 Å². The number of nitrogens with zero attached hydrogens (tertiary/aromatic N) is 1. The summed E-state index contributed by atoms with van der Waals surface area (Å²) in [5.74, 6) is 0.246. The molecular weight excluding hydrogens is 248 g/mol. The van der Waals surface area contributed by atoms with Crippen molar-refractivity contribution in [2.24, 2.45) is 7.05 Å². The van der Waals surface area contributed by atoms with Crippen molar-refractivity contribution < 1.29 is 5.11 Å². The van der Waals surface area contributed by atoms with Gasteiger partial charge < -0.3 is 16.2 Å². The number of nitrogens with two attached hydrogens (primary N) is 1. The molecular formula is C12H14N4O3. The number of rotatable bonds is 3. The lowest BCUT2D eigenvalue weighted by molar-refractivity contribution is 0.475. The molecule has 0 aliphatic rings. The molecule has 0 bridgehead atoms. The molecule has 0 saturated carbocycles. The van der Waals surface area contributed by atoms with E-state index in [9.17, 15) is 9.59 Å². The first-order valence-corrected chi connectivity index (χ1v) is 5.59. The lowest BCUT2D eigenvalue weighted by atomic mass is 10.2. The molecule has 1 heterocycles. The van der Waals surface area contributed by atoms with Crippen LogP contribution in [0.4, 0.5) is 11.5 Å². The number of H-pyrrole nitrogens is 1. The van der Waals surface area contributed by atoms with Crippen LogP contribution in [-0.4, -0.2) is 14.7 Å². The Balaban J connectivity index is 2.25. The second-order valence-electron chi connectivity index (χ2n) is 4.10. The molecule has 7 heteroatoms. The van der Waals surface area contributed by atoms with Gasteiger partial charge in [0.1, 0.15) is 17.3 Å². The number of nitrogen functional groups attached to an aromatic ring is 1. The van der Waals surface area contributed by atoms with Gasteiger partial charge in [-0.25, -0.2) is 4.79 Å². The highest BCUT2D eigenvalue weighted by Crippen LogP contribution is 2.13. The Labute approximate surface area is 108 Å². The van der Waals surface area contributed by atoms with Crippen molar-refractivity contribution in [2.75, 3.05) is 11.1 Å². The zero-order valence-electron chi connectivity index (χ0n) is 10.3. The van der Waals surface area contributed by atoms with E-state index >= 15 is 0 Å². The first kappa shape index (κ1) is 12.7. The molecule has 0 amide bonds. The monoisotopic (exact) mass is 262 g/mol. The molecule has 1 aromatic heterocycles. The molecule has 0 aliphatic carbocycles.